The highest BCUT2D eigenvalue weighted by molar-refractivity contribution is 5.96. The Kier molecular flexibility index (Phi) is 5.36. The van der Waals surface area contributed by atoms with E-state index in [1.54, 1.807) is 48.2 Å². The monoisotopic (exact) mass is 317 g/mol. The molecule has 23 heavy (non-hydrogen) atoms. The SMILES string of the molecule is CC(=O)c1ccc(NC(=O)C2CCN(C(=O)N(C)C)CC2)cc1. The molecule has 3 amide bonds. The Bertz CT molecular complexity index is 588. The average Bonchev–Trinajstić information content (AvgIpc) is 2.54. The first kappa shape index (κ1) is 17.0. The van der Waals surface area contributed by atoms with Crippen molar-refractivity contribution in [2.45, 2.75) is 19.8 Å². The van der Waals surface area contributed by atoms with Crippen molar-refractivity contribution in [3.8, 4) is 0 Å². The Hall–Kier alpha value is -2.37. The van der Waals surface area contributed by atoms with Crippen molar-refractivity contribution in [2.24, 2.45) is 5.92 Å². The second-order valence-electron chi connectivity index (χ2n) is 6.06. The van der Waals surface area contributed by atoms with Gasteiger partial charge in [-0.05, 0) is 44.0 Å². The summed E-state index contributed by atoms with van der Waals surface area (Å²) >= 11 is 0. The number of hydrogen-bond acceptors (Lipinski definition) is 3. The maximum absolute atomic E-state index is 12.3. The first-order chi connectivity index (χ1) is 10.9. The van der Waals surface area contributed by atoms with Crippen LogP contribution in [0.5, 0.6) is 0 Å². The lowest BCUT2D eigenvalue weighted by Crippen LogP contribution is -2.45. The number of ketones is 1. The van der Waals surface area contributed by atoms with Gasteiger partial charge in [0.25, 0.3) is 0 Å². The van der Waals surface area contributed by atoms with Gasteiger partial charge >= 0.3 is 6.03 Å². The zero-order valence-electron chi connectivity index (χ0n) is 13.8. The van der Waals surface area contributed by atoms with Gasteiger partial charge in [-0.1, -0.05) is 0 Å². The number of benzene rings is 1. The van der Waals surface area contributed by atoms with Gasteiger partial charge in [-0.15, -0.1) is 0 Å². The van der Waals surface area contributed by atoms with Gasteiger partial charge in [0.1, 0.15) is 0 Å². The van der Waals surface area contributed by atoms with Gasteiger partial charge in [-0.2, -0.15) is 0 Å². The van der Waals surface area contributed by atoms with E-state index in [1.807, 2.05) is 0 Å². The van der Waals surface area contributed by atoms with Crippen molar-refractivity contribution in [3.05, 3.63) is 29.8 Å². The molecule has 6 nitrogen and oxygen atoms in total. The summed E-state index contributed by atoms with van der Waals surface area (Å²) in [6, 6.07) is 6.87. The van der Waals surface area contributed by atoms with Crippen LogP contribution in [0.4, 0.5) is 10.5 Å². The Labute approximate surface area is 136 Å². The zero-order valence-corrected chi connectivity index (χ0v) is 13.8. The summed E-state index contributed by atoms with van der Waals surface area (Å²) in [7, 11) is 3.46. The van der Waals surface area contributed by atoms with Crippen LogP contribution in [-0.4, -0.2) is 54.7 Å². The second-order valence-corrected chi connectivity index (χ2v) is 6.06. The molecule has 0 atom stereocenters. The Balaban J connectivity index is 1.88. The minimum atomic E-state index is -0.0892. The molecule has 0 unspecified atom stereocenters. The van der Waals surface area contributed by atoms with E-state index in [0.29, 0.717) is 37.2 Å². The van der Waals surface area contributed by atoms with E-state index < -0.39 is 0 Å². The van der Waals surface area contributed by atoms with Crippen LogP contribution in [-0.2, 0) is 4.79 Å². The van der Waals surface area contributed by atoms with E-state index in [-0.39, 0.29) is 23.6 Å². The highest BCUT2D eigenvalue weighted by Gasteiger charge is 2.27. The van der Waals surface area contributed by atoms with Gasteiger partial charge in [-0.25, -0.2) is 4.79 Å². The summed E-state index contributed by atoms with van der Waals surface area (Å²) in [6.45, 7) is 2.70. The molecule has 6 heteroatoms. The Morgan fingerprint density at radius 1 is 1.09 bits per heavy atom. The number of piperidine rings is 1. The van der Waals surface area contributed by atoms with Crippen molar-refractivity contribution in [1.82, 2.24) is 9.80 Å². The second kappa shape index (κ2) is 7.26. The van der Waals surface area contributed by atoms with E-state index in [2.05, 4.69) is 5.32 Å². The van der Waals surface area contributed by atoms with Gasteiger partial charge in [0.05, 0.1) is 0 Å². The lowest BCUT2D eigenvalue weighted by Gasteiger charge is -2.33. The molecule has 1 fully saturated rings. The van der Waals surface area contributed by atoms with Crippen LogP contribution in [0.1, 0.15) is 30.1 Å². The molecule has 1 aromatic rings. The molecular formula is C17H23N3O3. The third kappa shape index (κ3) is 4.31. The first-order valence-corrected chi connectivity index (χ1v) is 7.76. The molecule has 0 saturated carbocycles. The summed E-state index contributed by atoms with van der Waals surface area (Å²) in [5.41, 5.74) is 1.31. The largest absolute Gasteiger partial charge is 0.331 e. The van der Waals surface area contributed by atoms with E-state index in [0.717, 1.165) is 0 Å². The molecule has 0 bridgehead atoms. The fourth-order valence-corrected chi connectivity index (χ4v) is 2.65. The fourth-order valence-electron chi connectivity index (χ4n) is 2.65. The molecule has 0 radical (unpaired) electrons. The average molecular weight is 317 g/mol. The molecule has 1 aliphatic heterocycles. The molecular weight excluding hydrogens is 294 g/mol. The van der Waals surface area contributed by atoms with Gasteiger partial charge in [0.2, 0.25) is 5.91 Å². The van der Waals surface area contributed by atoms with Crippen LogP contribution in [0.3, 0.4) is 0 Å². The van der Waals surface area contributed by atoms with E-state index in [1.165, 1.54) is 6.92 Å². The van der Waals surface area contributed by atoms with Crippen molar-refractivity contribution >= 4 is 23.4 Å². The standard InChI is InChI=1S/C17H23N3O3/c1-12(21)13-4-6-15(7-5-13)18-16(22)14-8-10-20(11-9-14)17(23)19(2)3/h4-7,14H,8-11H2,1-3H3,(H,18,22). The molecule has 0 aromatic heterocycles. The maximum atomic E-state index is 12.3. The van der Waals surface area contributed by atoms with Crippen LogP contribution >= 0.6 is 0 Å². The summed E-state index contributed by atoms with van der Waals surface area (Å²) in [6.07, 6.45) is 1.33. The quantitative estimate of drug-likeness (QED) is 0.869. The lowest BCUT2D eigenvalue weighted by atomic mass is 9.96. The normalized spacial score (nSPS) is 15.2. The minimum absolute atomic E-state index is 0.000748. The van der Waals surface area contributed by atoms with Gasteiger partial charge in [-0.3, -0.25) is 9.59 Å². The van der Waals surface area contributed by atoms with Gasteiger partial charge in [0, 0.05) is 44.4 Å². The van der Waals surface area contributed by atoms with Crippen molar-refractivity contribution in [3.63, 3.8) is 0 Å². The number of likely N-dealkylation sites (tertiary alicyclic amines) is 1. The molecule has 124 valence electrons. The number of carbonyl (C=O) groups excluding carboxylic acids is 3. The number of carbonyl (C=O) groups is 3. The van der Waals surface area contributed by atoms with Crippen molar-refractivity contribution < 1.29 is 14.4 Å². The molecule has 2 rings (SSSR count). The van der Waals surface area contributed by atoms with Crippen LogP contribution in [0, 0.1) is 5.92 Å². The lowest BCUT2D eigenvalue weighted by molar-refractivity contribution is -0.121. The van der Waals surface area contributed by atoms with E-state index >= 15 is 0 Å². The number of amides is 3. The van der Waals surface area contributed by atoms with Gasteiger partial charge < -0.3 is 15.1 Å². The number of nitrogens with zero attached hydrogens (tertiary/aromatic N) is 2. The Morgan fingerprint density at radius 2 is 1.65 bits per heavy atom. The van der Waals surface area contributed by atoms with Crippen molar-refractivity contribution in [2.75, 3.05) is 32.5 Å². The molecule has 0 spiro atoms. The zero-order chi connectivity index (χ0) is 17.0. The summed E-state index contributed by atoms with van der Waals surface area (Å²) in [5.74, 6) is -0.118. The summed E-state index contributed by atoms with van der Waals surface area (Å²) < 4.78 is 0. The highest BCUT2D eigenvalue weighted by Crippen LogP contribution is 2.20. The molecule has 1 aromatic carbocycles. The number of nitrogens with one attached hydrogen (secondary N) is 1. The van der Waals surface area contributed by atoms with Crippen LogP contribution < -0.4 is 5.32 Å². The highest BCUT2D eigenvalue weighted by atomic mass is 16.2. The number of anilines is 1. The summed E-state index contributed by atoms with van der Waals surface area (Å²) in [5, 5.41) is 2.88. The maximum Gasteiger partial charge on any atom is 0.319 e. The molecule has 1 N–H and O–H groups in total. The first-order valence-electron chi connectivity index (χ1n) is 7.76. The fraction of sp³-hybridized carbons (Fsp3) is 0.471. The topological polar surface area (TPSA) is 69.7 Å². The summed E-state index contributed by atoms with van der Waals surface area (Å²) in [4.78, 5) is 38.7. The number of urea groups is 1. The van der Waals surface area contributed by atoms with Gasteiger partial charge in [0.15, 0.2) is 5.78 Å². The third-order valence-electron chi connectivity index (χ3n) is 4.08. The molecule has 1 heterocycles. The third-order valence-corrected chi connectivity index (χ3v) is 4.08. The van der Waals surface area contributed by atoms with Crippen LogP contribution in [0.2, 0.25) is 0 Å². The van der Waals surface area contributed by atoms with Crippen molar-refractivity contribution in [1.29, 1.82) is 0 Å². The van der Waals surface area contributed by atoms with E-state index in [4.69, 9.17) is 0 Å². The molecule has 0 aliphatic carbocycles. The minimum Gasteiger partial charge on any atom is -0.331 e. The molecule has 1 aliphatic rings. The number of Topliss-reactive ketones (excluding diaryl/α,β-unsaturated/α-hetero) is 1. The number of rotatable bonds is 3. The Morgan fingerprint density at radius 3 is 2.13 bits per heavy atom. The molecule has 1 saturated heterocycles. The van der Waals surface area contributed by atoms with E-state index in [9.17, 15) is 14.4 Å². The predicted octanol–water partition coefficient (Wildman–Crippen LogP) is 2.22. The smallest absolute Gasteiger partial charge is 0.319 e. The predicted molar refractivity (Wildman–Crippen MR) is 88.5 cm³/mol. The number of hydrogen-bond donors (Lipinski definition) is 1. The van der Waals surface area contributed by atoms with Crippen LogP contribution in [0.25, 0.3) is 0 Å². The van der Waals surface area contributed by atoms with Crippen LogP contribution in [0.15, 0.2) is 24.3 Å².